The Labute approximate surface area is 200 Å². The standard InChI is InChI=1S/C23H26FN5O4S/c1-14(30)34-19-9-10-28(12-16(19)11-20-25-26-27-29(20)13-21(31)33-2)22(23(32)15-7-8-15)17-5-3-4-6-18(17)24/h3-6,11,15,19,22H,7-10,12-13H2,1-2H3. The van der Waals surface area contributed by atoms with E-state index in [0.29, 0.717) is 30.9 Å². The quantitative estimate of drug-likeness (QED) is 0.519. The number of benzene rings is 1. The van der Waals surface area contributed by atoms with E-state index >= 15 is 0 Å². The molecule has 0 N–H and O–H groups in total. The van der Waals surface area contributed by atoms with Gasteiger partial charge in [0.15, 0.2) is 16.7 Å². The summed E-state index contributed by atoms with van der Waals surface area (Å²) in [6.45, 7) is 2.23. The van der Waals surface area contributed by atoms with Gasteiger partial charge in [0.2, 0.25) is 0 Å². The average Bonchev–Trinajstić information content (AvgIpc) is 3.58. The number of thioether (sulfide) groups is 1. The van der Waals surface area contributed by atoms with Crippen LogP contribution in [0.3, 0.4) is 0 Å². The first kappa shape index (κ1) is 24.2. The molecule has 0 amide bonds. The molecular weight excluding hydrogens is 461 g/mol. The van der Waals surface area contributed by atoms with Crippen LogP contribution in [0, 0.1) is 11.7 Å². The molecule has 2 unspecified atom stereocenters. The van der Waals surface area contributed by atoms with E-state index in [1.165, 1.54) is 36.5 Å². The van der Waals surface area contributed by atoms with Gasteiger partial charge < -0.3 is 4.74 Å². The first-order valence-electron chi connectivity index (χ1n) is 11.1. The van der Waals surface area contributed by atoms with Gasteiger partial charge in [-0.05, 0) is 47.4 Å². The minimum absolute atomic E-state index is 0.0256. The summed E-state index contributed by atoms with van der Waals surface area (Å²) in [5.41, 5.74) is 1.20. The van der Waals surface area contributed by atoms with E-state index in [1.54, 1.807) is 24.3 Å². The molecule has 0 radical (unpaired) electrons. The summed E-state index contributed by atoms with van der Waals surface area (Å²) in [6.07, 6.45) is 3.99. The Morgan fingerprint density at radius 1 is 1.26 bits per heavy atom. The number of tetrazole rings is 1. The van der Waals surface area contributed by atoms with Gasteiger partial charge >= 0.3 is 5.97 Å². The van der Waals surface area contributed by atoms with Crippen LogP contribution < -0.4 is 0 Å². The first-order chi connectivity index (χ1) is 16.4. The zero-order valence-electron chi connectivity index (χ0n) is 19.0. The molecule has 180 valence electrons. The molecule has 2 heterocycles. The maximum atomic E-state index is 14.8. The van der Waals surface area contributed by atoms with Gasteiger partial charge in [-0.2, -0.15) is 0 Å². The van der Waals surface area contributed by atoms with Gasteiger partial charge in [0, 0.05) is 36.7 Å². The molecule has 1 aromatic carbocycles. The lowest BCUT2D eigenvalue weighted by molar-refractivity contribution is -0.141. The van der Waals surface area contributed by atoms with Crippen LogP contribution in [-0.4, -0.2) is 67.4 Å². The molecule has 2 fully saturated rings. The van der Waals surface area contributed by atoms with Crippen LogP contribution in [0.15, 0.2) is 29.8 Å². The van der Waals surface area contributed by atoms with Crippen molar-refractivity contribution in [2.75, 3.05) is 20.2 Å². The molecule has 2 aliphatic rings. The maximum absolute atomic E-state index is 14.8. The lowest BCUT2D eigenvalue weighted by Crippen LogP contribution is -2.43. The van der Waals surface area contributed by atoms with Crippen molar-refractivity contribution in [2.45, 2.75) is 44.0 Å². The van der Waals surface area contributed by atoms with Crippen LogP contribution in [0.1, 0.15) is 43.6 Å². The number of methoxy groups -OCH3 is 1. The third kappa shape index (κ3) is 5.58. The number of carbonyl (C=O) groups excluding carboxylic acids is 3. The normalized spacial score (nSPS) is 20.8. The molecule has 0 bridgehead atoms. The summed E-state index contributed by atoms with van der Waals surface area (Å²) >= 11 is 1.21. The first-order valence-corrected chi connectivity index (χ1v) is 12.0. The molecule has 1 aromatic heterocycles. The fourth-order valence-corrected chi connectivity index (χ4v) is 5.09. The SMILES string of the molecule is COC(=O)Cn1nnnc1C=C1CN(C(C(=O)C2CC2)c2ccccc2F)CCC1SC(C)=O. The highest BCUT2D eigenvalue weighted by Gasteiger charge is 2.41. The van der Waals surface area contributed by atoms with Crippen molar-refractivity contribution >= 4 is 34.7 Å². The van der Waals surface area contributed by atoms with Crippen molar-refractivity contribution in [1.29, 1.82) is 0 Å². The molecule has 1 saturated carbocycles. The molecule has 2 aromatic rings. The number of rotatable bonds is 8. The third-order valence-electron chi connectivity index (χ3n) is 5.98. The second-order valence-electron chi connectivity index (χ2n) is 8.45. The number of Topliss-reactive ketones (excluding diaryl/α,β-unsaturated/α-hetero) is 1. The summed E-state index contributed by atoms with van der Waals surface area (Å²) in [6, 6.07) is 5.68. The van der Waals surface area contributed by atoms with Crippen LogP contribution in [0.5, 0.6) is 0 Å². The number of ketones is 1. The lowest BCUT2D eigenvalue weighted by Gasteiger charge is -2.38. The molecule has 34 heavy (non-hydrogen) atoms. The van der Waals surface area contributed by atoms with E-state index < -0.39 is 17.8 Å². The number of hydrogen-bond donors (Lipinski definition) is 0. The minimum atomic E-state index is -0.702. The highest BCUT2D eigenvalue weighted by Crippen LogP contribution is 2.40. The van der Waals surface area contributed by atoms with Gasteiger partial charge in [-0.25, -0.2) is 9.07 Å². The van der Waals surface area contributed by atoms with E-state index in [0.717, 1.165) is 18.4 Å². The Morgan fingerprint density at radius 3 is 2.71 bits per heavy atom. The predicted molar refractivity (Wildman–Crippen MR) is 123 cm³/mol. The molecule has 1 aliphatic carbocycles. The lowest BCUT2D eigenvalue weighted by atomic mass is 9.93. The number of carbonyl (C=O) groups is 3. The van der Waals surface area contributed by atoms with Crippen LogP contribution in [0.25, 0.3) is 6.08 Å². The van der Waals surface area contributed by atoms with Crippen LogP contribution in [0.2, 0.25) is 0 Å². The molecular formula is C23H26FN5O4S. The van der Waals surface area contributed by atoms with Gasteiger partial charge in [0.1, 0.15) is 12.4 Å². The largest absolute Gasteiger partial charge is 0.468 e. The number of nitrogens with zero attached hydrogens (tertiary/aromatic N) is 5. The van der Waals surface area contributed by atoms with E-state index in [4.69, 9.17) is 4.74 Å². The fourth-order valence-electron chi connectivity index (χ4n) is 4.18. The van der Waals surface area contributed by atoms with Gasteiger partial charge in [-0.1, -0.05) is 30.0 Å². The van der Waals surface area contributed by atoms with Crippen molar-refractivity contribution < 1.29 is 23.5 Å². The van der Waals surface area contributed by atoms with E-state index in [2.05, 4.69) is 15.5 Å². The second kappa shape index (κ2) is 10.6. The van der Waals surface area contributed by atoms with Crippen LogP contribution in [0.4, 0.5) is 4.39 Å². The van der Waals surface area contributed by atoms with Crippen molar-refractivity contribution in [1.82, 2.24) is 25.1 Å². The van der Waals surface area contributed by atoms with Gasteiger partial charge in [0.05, 0.1) is 13.2 Å². The monoisotopic (exact) mass is 487 g/mol. The Balaban J connectivity index is 1.67. The Morgan fingerprint density at radius 2 is 2.03 bits per heavy atom. The molecule has 0 spiro atoms. The number of halogens is 1. The number of likely N-dealkylation sites (tertiary alicyclic amines) is 1. The number of hydrogen-bond acceptors (Lipinski definition) is 9. The van der Waals surface area contributed by atoms with Gasteiger partial charge in [0.25, 0.3) is 0 Å². The van der Waals surface area contributed by atoms with Crippen molar-refractivity contribution in [2.24, 2.45) is 5.92 Å². The third-order valence-corrected chi connectivity index (χ3v) is 7.14. The van der Waals surface area contributed by atoms with E-state index in [1.807, 2.05) is 4.90 Å². The fraction of sp³-hybridized carbons (Fsp3) is 0.478. The molecule has 1 saturated heterocycles. The van der Waals surface area contributed by atoms with Crippen molar-refractivity contribution in [3.63, 3.8) is 0 Å². The van der Waals surface area contributed by atoms with Crippen LogP contribution >= 0.6 is 11.8 Å². The summed E-state index contributed by atoms with van der Waals surface area (Å²) in [5.74, 6) is -0.588. The highest BCUT2D eigenvalue weighted by atomic mass is 32.2. The van der Waals surface area contributed by atoms with Gasteiger partial charge in [-0.15, -0.1) is 5.10 Å². The van der Waals surface area contributed by atoms with Gasteiger partial charge in [-0.3, -0.25) is 19.3 Å². The zero-order chi connectivity index (χ0) is 24.2. The minimum Gasteiger partial charge on any atom is -0.468 e. The van der Waals surface area contributed by atoms with E-state index in [-0.39, 0.29) is 28.6 Å². The second-order valence-corrected chi connectivity index (χ2v) is 9.83. The van der Waals surface area contributed by atoms with E-state index in [9.17, 15) is 18.8 Å². The zero-order valence-corrected chi connectivity index (χ0v) is 19.8. The summed E-state index contributed by atoms with van der Waals surface area (Å²) in [5, 5.41) is 11.3. The molecule has 11 heteroatoms. The Bertz CT molecular complexity index is 1120. The van der Waals surface area contributed by atoms with Crippen molar-refractivity contribution in [3.8, 4) is 0 Å². The number of ether oxygens (including phenoxy) is 1. The average molecular weight is 488 g/mol. The summed E-state index contributed by atoms with van der Waals surface area (Å²) < 4.78 is 20.8. The van der Waals surface area contributed by atoms with Crippen LogP contribution in [-0.2, 0) is 25.7 Å². The topological polar surface area (TPSA) is 107 Å². The highest BCUT2D eigenvalue weighted by molar-refractivity contribution is 8.14. The number of piperidine rings is 1. The smallest absolute Gasteiger partial charge is 0.327 e. The Hall–Kier alpha value is -2.92. The number of aromatic nitrogens is 4. The predicted octanol–water partition coefficient (Wildman–Crippen LogP) is 2.44. The Kier molecular flexibility index (Phi) is 7.52. The number of esters is 1. The maximum Gasteiger partial charge on any atom is 0.327 e. The van der Waals surface area contributed by atoms with Crippen molar-refractivity contribution in [3.05, 3.63) is 47.0 Å². The summed E-state index contributed by atoms with van der Waals surface area (Å²) in [7, 11) is 1.28. The molecule has 2 atom stereocenters. The molecule has 1 aliphatic heterocycles. The molecule has 4 rings (SSSR count). The molecule has 9 nitrogen and oxygen atoms in total. The summed E-state index contributed by atoms with van der Waals surface area (Å²) in [4.78, 5) is 38.9.